The van der Waals surface area contributed by atoms with Crippen LogP contribution in [0.4, 0.5) is 0 Å². The van der Waals surface area contributed by atoms with E-state index in [1.807, 2.05) is 20.8 Å². The van der Waals surface area contributed by atoms with E-state index < -0.39 is 0 Å². The lowest BCUT2D eigenvalue weighted by atomic mass is 9.89. The number of amides is 1. The molecular weight excluding hydrogens is 220 g/mol. The molecule has 1 amide bonds. The molecule has 1 fully saturated rings. The zero-order chi connectivity index (χ0) is 12.7. The summed E-state index contributed by atoms with van der Waals surface area (Å²) in [5, 5.41) is 6.11. The molecule has 1 heterocycles. The molecule has 5 heteroatoms. The van der Waals surface area contributed by atoms with Gasteiger partial charge in [-0.2, -0.15) is 0 Å². The van der Waals surface area contributed by atoms with E-state index in [9.17, 15) is 4.79 Å². The van der Waals surface area contributed by atoms with Gasteiger partial charge in [0.15, 0.2) is 6.29 Å². The molecule has 0 saturated carbocycles. The van der Waals surface area contributed by atoms with Gasteiger partial charge >= 0.3 is 0 Å². The molecule has 1 aliphatic rings. The highest BCUT2D eigenvalue weighted by molar-refractivity contribution is 5.82. The molecule has 0 aromatic carbocycles. The van der Waals surface area contributed by atoms with Crippen molar-refractivity contribution in [3.63, 3.8) is 0 Å². The Balaban J connectivity index is 2.34. The first-order chi connectivity index (χ1) is 8.12. The SMILES string of the molecule is CCOC(CNC(=O)C1(C)CCNC1)OCC. The Bertz CT molecular complexity index is 234. The summed E-state index contributed by atoms with van der Waals surface area (Å²) < 4.78 is 10.8. The molecule has 0 aromatic heterocycles. The Morgan fingerprint density at radius 3 is 2.53 bits per heavy atom. The molecule has 0 radical (unpaired) electrons. The average Bonchev–Trinajstić information content (AvgIpc) is 2.74. The minimum atomic E-state index is -0.341. The zero-order valence-corrected chi connectivity index (χ0v) is 11.0. The molecule has 0 spiro atoms. The average molecular weight is 244 g/mol. The first-order valence-electron chi connectivity index (χ1n) is 6.34. The summed E-state index contributed by atoms with van der Waals surface area (Å²) in [7, 11) is 0. The van der Waals surface area contributed by atoms with Crippen LogP contribution in [-0.4, -0.2) is 45.0 Å². The second-order valence-electron chi connectivity index (χ2n) is 4.54. The lowest BCUT2D eigenvalue weighted by Crippen LogP contribution is -2.44. The first kappa shape index (κ1) is 14.4. The van der Waals surface area contributed by atoms with Crippen molar-refractivity contribution in [2.75, 3.05) is 32.8 Å². The van der Waals surface area contributed by atoms with Crippen molar-refractivity contribution in [2.45, 2.75) is 33.5 Å². The lowest BCUT2D eigenvalue weighted by Gasteiger charge is -2.24. The van der Waals surface area contributed by atoms with Crippen molar-refractivity contribution >= 4 is 5.91 Å². The third-order valence-electron chi connectivity index (χ3n) is 3.05. The Morgan fingerprint density at radius 1 is 1.41 bits per heavy atom. The molecule has 0 aromatic rings. The van der Waals surface area contributed by atoms with E-state index in [1.54, 1.807) is 0 Å². The number of nitrogens with one attached hydrogen (secondary N) is 2. The normalized spacial score (nSPS) is 24.2. The summed E-state index contributed by atoms with van der Waals surface area (Å²) in [6.07, 6.45) is 0.541. The Labute approximate surface area is 103 Å². The van der Waals surface area contributed by atoms with Crippen molar-refractivity contribution in [1.29, 1.82) is 0 Å². The Morgan fingerprint density at radius 2 is 2.06 bits per heavy atom. The fraction of sp³-hybridized carbons (Fsp3) is 0.917. The molecule has 5 nitrogen and oxygen atoms in total. The highest BCUT2D eigenvalue weighted by Crippen LogP contribution is 2.24. The molecule has 1 aliphatic heterocycles. The van der Waals surface area contributed by atoms with Gasteiger partial charge in [0.2, 0.25) is 5.91 Å². The quantitative estimate of drug-likeness (QED) is 0.640. The number of carbonyl (C=O) groups is 1. The van der Waals surface area contributed by atoms with Gasteiger partial charge in [0.1, 0.15) is 0 Å². The number of ether oxygens (including phenoxy) is 2. The minimum Gasteiger partial charge on any atom is -0.351 e. The maximum Gasteiger partial charge on any atom is 0.227 e. The number of hydrogen-bond donors (Lipinski definition) is 2. The smallest absolute Gasteiger partial charge is 0.227 e. The topological polar surface area (TPSA) is 59.6 Å². The van der Waals surface area contributed by atoms with Crippen LogP contribution in [0.15, 0.2) is 0 Å². The van der Waals surface area contributed by atoms with Crippen LogP contribution in [0.5, 0.6) is 0 Å². The van der Waals surface area contributed by atoms with E-state index in [0.29, 0.717) is 19.8 Å². The molecule has 100 valence electrons. The maximum absolute atomic E-state index is 12.0. The van der Waals surface area contributed by atoms with Crippen LogP contribution in [0.2, 0.25) is 0 Å². The largest absolute Gasteiger partial charge is 0.351 e. The summed E-state index contributed by atoms with van der Waals surface area (Å²) in [6, 6.07) is 0. The van der Waals surface area contributed by atoms with Gasteiger partial charge < -0.3 is 20.1 Å². The van der Waals surface area contributed by atoms with Gasteiger partial charge in [-0.15, -0.1) is 0 Å². The van der Waals surface area contributed by atoms with Crippen LogP contribution in [0.3, 0.4) is 0 Å². The molecule has 1 rings (SSSR count). The predicted molar refractivity (Wildman–Crippen MR) is 65.6 cm³/mol. The second-order valence-corrected chi connectivity index (χ2v) is 4.54. The van der Waals surface area contributed by atoms with E-state index in [2.05, 4.69) is 10.6 Å². The van der Waals surface area contributed by atoms with Crippen LogP contribution in [0.25, 0.3) is 0 Å². The zero-order valence-electron chi connectivity index (χ0n) is 11.0. The molecular formula is C12H24N2O3. The van der Waals surface area contributed by atoms with Crippen LogP contribution in [0, 0.1) is 5.41 Å². The van der Waals surface area contributed by atoms with Crippen LogP contribution in [0.1, 0.15) is 27.2 Å². The van der Waals surface area contributed by atoms with Gasteiger partial charge in [-0.1, -0.05) is 0 Å². The molecule has 1 unspecified atom stereocenters. The monoisotopic (exact) mass is 244 g/mol. The van der Waals surface area contributed by atoms with Gasteiger partial charge in [-0.05, 0) is 33.7 Å². The second kappa shape index (κ2) is 6.93. The predicted octanol–water partition coefficient (Wildman–Crippen LogP) is 0.501. The maximum atomic E-state index is 12.0. The van der Waals surface area contributed by atoms with Crippen LogP contribution >= 0.6 is 0 Å². The summed E-state index contributed by atoms with van der Waals surface area (Å²) in [5.74, 6) is 0.0758. The number of rotatable bonds is 7. The van der Waals surface area contributed by atoms with Crippen LogP contribution in [-0.2, 0) is 14.3 Å². The van der Waals surface area contributed by atoms with Crippen LogP contribution < -0.4 is 10.6 Å². The summed E-state index contributed by atoms with van der Waals surface area (Å²) in [4.78, 5) is 12.0. The molecule has 2 N–H and O–H groups in total. The molecule has 1 saturated heterocycles. The minimum absolute atomic E-state index is 0.0758. The standard InChI is InChI=1S/C12H24N2O3/c1-4-16-10(17-5-2)8-14-11(15)12(3)6-7-13-9-12/h10,13H,4-9H2,1-3H3,(H,14,15). The van der Waals surface area contributed by atoms with Crippen molar-refractivity contribution in [1.82, 2.24) is 10.6 Å². The fourth-order valence-electron chi connectivity index (χ4n) is 1.94. The fourth-order valence-corrected chi connectivity index (χ4v) is 1.94. The summed E-state index contributed by atoms with van der Waals surface area (Å²) in [5.41, 5.74) is -0.289. The van der Waals surface area contributed by atoms with Crippen molar-refractivity contribution < 1.29 is 14.3 Å². The van der Waals surface area contributed by atoms with E-state index in [4.69, 9.17) is 9.47 Å². The van der Waals surface area contributed by atoms with Gasteiger partial charge in [0, 0.05) is 19.8 Å². The van der Waals surface area contributed by atoms with Gasteiger partial charge in [0.05, 0.1) is 12.0 Å². The van der Waals surface area contributed by atoms with E-state index in [1.165, 1.54) is 0 Å². The lowest BCUT2D eigenvalue weighted by molar-refractivity contribution is -0.144. The summed E-state index contributed by atoms with van der Waals surface area (Å²) >= 11 is 0. The molecule has 0 aliphatic carbocycles. The molecule has 17 heavy (non-hydrogen) atoms. The van der Waals surface area contributed by atoms with E-state index in [-0.39, 0.29) is 17.6 Å². The third-order valence-corrected chi connectivity index (χ3v) is 3.05. The van der Waals surface area contributed by atoms with E-state index >= 15 is 0 Å². The first-order valence-corrected chi connectivity index (χ1v) is 6.34. The van der Waals surface area contributed by atoms with Crippen molar-refractivity contribution in [2.24, 2.45) is 5.41 Å². The van der Waals surface area contributed by atoms with Gasteiger partial charge in [-0.25, -0.2) is 0 Å². The summed E-state index contributed by atoms with van der Waals surface area (Å²) in [6.45, 7) is 9.04. The van der Waals surface area contributed by atoms with Crippen molar-refractivity contribution in [3.8, 4) is 0 Å². The highest BCUT2D eigenvalue weighted by atomic mass is 16.7. The van der Waals surface area contributed by atoms with Crippen molar-refractivity contribution in [3.05, 3.63) is 0 Å². The van der Waals surface area contributed by atoms with Gasteiger partial charge in [0.25, 0.3) is 0 Å². The van der Waals surface area contributed by atoms with E-state index in [0.717, 1.165) is 19.5 Å². The number of carbonyl (C=O) groups excluding carboxylic acids is 1. The molecule has 0 bridgehead atoms. The Kier molecular flexibility index (Phi) is 5.88. The third kappa shape index (κ3) is 4.26. The highest BCUT2D eigenvalue weighted by Gasteiger charge is 2.36. The Hall–Kier alpha value is -0.650. The number of hydrogen-bond acceptors (Lipinski definition) is 4. The molecule has 1 atom stereocenters. The van der Waals surface area contributed by atoms with Gasteiger partial charge in [-0.3, -0.25) is 4.79 Å².